The van der Waals surface area contributed by atoms with Crippen molar-refractivity contribution >= 4 is 32.4 Å². The van der Waals surface area contributed by atoms with E-state index in [1.54, 1.807) is 20.8 Å². The van der Waals surface area contributed by atoms with Gasteiger partial charge in [-0.2, -0.15) is 0 Å². The summed E-state index contributed by atoms with van der Waals surface area (Å²) < 4.78 is 26.8. The highest BCUT2D eigenvalue weighted by Crippen LogP contribution is 2.22. The fraction of sp³-hybridized carbons (Fsp3) is 0.786. The van der Waals surface area contributed by atoms with Gasteiger partial charge in [0, 0.05) is 12.0 Å². The minimum absolute atomic E-state index is 0.132. The van der Waals surface area contributed by atoms with Crippen LogP contribution in [0.1, 0.15) is 40.0 Å². The number of likely N-dealkylation sites (tertiary alicyclic amines) is 1. The molecule has 8 nitrogen and oxygen atoms in total. The largest absolute Gasteiger partial charge is 0.303 e. The standard InChI is InChI=1S/C14H25N5O3S2/c1-14(2,3)11(20)16-12-17-18-13(23-12)24(21,22)15-7-6-10-19-8-4-5-9-19/h15H,4-10H2,1-3H3,(H,16,17,20). The Kier molecular flexibility index (Phi) is 6.29. The van der Waals surface area contributed by atoms with Crippen molar-refractivity contribution in [1.82, 2.24) is 19.8 Å². The third-order valence-electron chi connectivity index (χ3n) is 3.68. The van der Waals surface area contributed by atoms with Crippen LogP contribution in [0.5, 0.6) is 0 Å². The molecule has 0 unspecified atom stereocenters. The number of nitrogens with zero attached hydrogens (tertiary/aromatic N) is 3. The summed E-state index contributed by atoms with van der Waals surface area (Å²) in [5.74, 6) is -0.235. The van der Waals surface area contributed by atoms with Crippen LogP contribution in [-0.4, -0.2) is 55.6 Å². The molecular weight excluding hydrogens is 350 g/mol. The van der Waals surface area contributed by atoms with E-state index in [2.05, 4.69) is 25.1 Å². The second kappa shape index (κ2) is 7.85. The summed E-state index contributed by atoms with van der Waals surface area (Å²) in [6.45, 7) is 8.75. The molecule has 1 fully saturated rings. The lowest BCUT2D eigenvalue weighted by Crippen LogP contribution is -2.28. The summed E-state index contributed by atoms with van der Waals surface area (Å²) in [7, 11) is -3.68. The van der Waals surface area contributed by atoms with Gasteiger partial charge in [0.1, 0.15) is 0 Å². The Morgan fingerprint density at radius 2 is 1.92 bits per heavy atom. The van der Waals surface area contributed by atoms with Gasteiger partial charge in [0.15, 0.2) is 0 Å². The Balaban J connectivity index is 1.84. The van der Waals surface area contributed by atoms with E-state index in [1.165, 1.54) is 12.8 Å². The van der Waals surface area contributed by atoms with Crippen molar-refractivity contribution in [3.63, 3.8) is 0 Å². The maximum atomic E-state index is 12.2. The topological polar surface area (TPSA) is 104 Å². The lowest BCUT2D eigenvalue weighted by molar-refractivity contribution is -0.123. The highest BCUT2D eigenvalue weighted by molar-refractivity contribution is 7.91. The number of amides is 1. The number of anilines is 1. The summed E-state index contributed by atoms with van der Waals surface area (Å²) in [4.78, 5) is 14.2. The van der Waals surface area contributed by atoms with Crippen LogP contribution in [0.4, 0.5) is 5.13 Å². The molecule has 0 saturated carbocycles. The van der Waals surface area contributed by atoms with Gasteiger partial charge in [-0.1, -0.05) is 32.1 Å². The predicted molar refractivity (Wildman–Crippen MR) is 93.5 cm³/mol. The van der Waals surface area contributed by atoms with E-state index in [0.717, 1.165) is 37.4 Å². The van der Waals surface area contributed by atoms with Gasteiger partial charge < -0.3 is 10.2 Å². The van der Waals surface area contributed by atoms with E-state index in [-0.39, 0.29) is 15.4 Å². The van der Waals surface area contributed by atoms with Crippen LogP contribution >= 0.6 is 11.3 Å². The molecule has 0 bridgehead atoms. The Labute approximate surface area is 147 Å². The lowest BCUT2D eigenvalue weighted by atomic mass is 9.96. The maximum absolute atomic E-state index is 12.2. The molecule has 0 aromatic carbocycles. The first-order chi connectivity index (χ1) is 11.2. The van der Waals surface area contributed by atoms with E-state index < -0.39 is 15.4 Å². The number of rotatable bonds is 7. The molecular formula is C14H25N5O3S2. The van der Waals surface area contributed by atoms with Crippen LogP contribution in [0.2, 0.25) is 0 Å². The highest BCUT2D eigenvalue weighted by atomic mass is 32.2. The summed E-state index contributed by atoms with van der Waals surface area (Å²) in [6.07, 6.45) is 3.20. The molecule has 1 aromatic heterocycles. The molecule has 0 radical (unpaired) electrons. The van der Waals surface area contributed by atoms with Crippen LogP contribution in [0, 0.1) is 5.41 Å². The molecule has 2 heterocycles. The fourth-order valence-corrected chi connectivity index (χ4v) is 4.24. The number of nitrogens with one attached hydrogen (secondary N) is 2. The lowest BCUT2D eigenvalue weighted by Gasteiger charge is -2.15. The van der Waals surface area contributed by atoms with Gasteiger partial charge >= 0.3 is 0 Å². The fourth-order valence-electron chi connectivity index (χ4n) is 2.23. The van der Waals surface area contributed by atoms with E-state index in [0.29, 0.717) is 6.54 Å². The molecule has 10 heteroatoms. The molecule has 24 heavy (non-hydrogen) atoms. The maximum Gasteiger partial charge on any atom is 0.269 e. The molecule has 0 aliphatic carbocycles. The molecule has 0 atom stereocenters. The Morgan fingerprint density at radius 3 is 2.54 bits per heavy atom. The monoisotopic (exact) mass is 375 g/mol. The first-order valence-electron chi connectivity index (χ1n) is 8.05. The molecule has 136 valence electrons. The van der Waals surface area contributed by atoms with Gasteiger partial charge in [-0.05, 0) is 38.9 Å². The zero-order chi connectivity index (χ0) is 17.8. The summed E-state index contributed by atoms with van der Waals surface area (Å²) in [5.41, 5.74) is -0.585. The molecule has 0 spiro atoms. The van der Waals surface area contributed by atoms with E-state index in [9.17, 15) is 13.2 Å². The van der Waals surface area contributed by atoms with E-state index in [4.69, 9.17) is 0 Å². The van der Waals surface area contributed by atoms with Crippen molar-refractivity contribution in [3.8, 4) is 0 Å². The van der Waals surface area contributed by atoms with Gasteiger partial charge in [0.05, 0.1) is 0 Å². The van der Waals surface area contributed by atoms with Crippen molar-refractivity contribution in [2.75, 3.05) is 31.5 Å². The van der Waals surface area contributed by atoms with Crippen molar-refractivity contribution in [3.05, 3.63) is 0 Å². The van der Waals surface area contributed by atoms with Crippen molar-refractivity contribution < 1.29 is 13.2 Å². The third-order valence-corrected chi connectivity index (χ3v) is 6.35. The minimum Gasteiger partial charge on any atom is -0.303 e. The molecule has 1 amide bonds. The number of hydrogen-bond donors (Lipinski definition) is 2. The van der Waals surface area contributed by atoms with Crippen molar-refractivity contribution in [2.24, 2.45) is 5.41 Å². The van der Waals surface area contributed by atoms with Gasteiger partial charge in [0.2, 0.25) is 15.4 Å². The number of sulfonamides is 1. The minimum atomic E-state index is -3.68. The molecule has 1 aliphatic heterocycles. The van der Waals surface area contributed by atoms with Crippen molar-refractivity contribution in [1.29, 1.82) is 0 Å². The number of carbonyl (C=O) groups excluding carboxylic acids is 1. The number of aromatic nitrogens is 2. The van der Waals surface area contributed by atoms with Crippen LogP contribution in [0.25, 0.3) is 0 Å². The van der Waals surface area contributed by atoms with Crippen molar-refractivity contribution in [2.45, 2.75) is 44.4 Å². The van der Waals surface area contributed by atoms with Crippen LogP contribution in [0.15, 0.2) is 4.34 Å². The SMILES string of the molecule is CC(C)(C)C(=O)Nc1nnc(S(=O)(=O)NCCCN2CCCC2)s1. The average Bonchev–Trinajstić information content (AvgIpc) is 3.14. The van der Waals surface area contributed by atoms with Gasteiger partial charge in [-0.3, -0.25) is 4.79 Å². The quantitative estimate of drug-likeness (QED) is 0.550. The Hall–Kier alpha value is -1.10. The van der Waals surface area contributed by atoms with Gasteiger partial charge in [0.25, 0.3) is 10.0 Å². The summed E-state index contributed by atoms with van der Waals surface area (Å²) in [6, 6.07) is 0. The van der Waals surface area contributed by atoms with Crippen LogP contribution < -0.4 is 10.0 Å². The zero-order valence-corrected chi connectivity index (χ0v) is 16.0. The van der Waals surface area contributed by atoms with Gasteiger partial charge in [-0.15, -0.1) is 10.2 Å². The predicted octanol–water partition coefficient (Wildman–Crippen LogP) is 1.29. The number of carbonyl (C=O) groups is 1. The molecule has 1 saturated heterocycles. The van der Waals surface area contributed by atoms with Gasteiger partial charge in [-0.25, -0.2) is 13.1 Å². The number of hydrogen-bond acceptors (Lipinski definition) is 7. The van der Waals surface area contributed by atoms with Crippen LogP contribution in [0.3, 0.4) is 0 Å². The normalized spacial score (nSPS) is 16.5. The second-order valence-corrected chi connectivity index (χ2v) is 9.80. The van der Waals surface area contributed by atoms with Crippen LogP contribution in [-0.2, 0) is 14.8 Å². The molecule has 1 aromatic rings. The molecule has 1 aliphatic rings. The molecule has 2 N–H and O–H groups in total. The third kappa shape index (κ3) is 5.47. The van der Waals surface area contributed by atoms with E-state index >= 15 is 0 Å². The first kappa shape index (κ1) is 19.2. The second-order valence-electron chi connectivity index (χ2n) is 6.88. The first-order valence-corrected chi connectivity index (χ1v) is 10.4. The highest BCUT2D eigenvalue weighted by Gasteiger charge is 2.25. The zero-order valence-electron chi connectivity index (χ0n) is 14.3. The molecule has 2 rings (SSSR count). The smallest absolute Gasteiger partial charge is 0.269 e. The summed E-state index contributed by atoms with van der Waals surface area (Å²) >= 11 is 0.853. The summed E-state index contributed by atoms with van der Waals surface area (Å²) in [5, 5.41) is 10.2. The van der Waals surface area contributed by atoms with E-state index in [1.807, 2.05) is 0 Å². The Bertz CT molecular complexity index is 660. The Morgan fingerprint density at radius 1 is 1.25 bits per heavy atom. The average molecular weight is 376 g/mol.